The molecule has 0 atom stereocenters. The topological polar surface area (TPSA) is 87.5 Å². The number of hydrogen-bond acceptors (Lipinski definition) is 5. The minimum Gasteiger partial charge on any atom is -0.383 e. The minimum atomic E-state index is -0.427. The zero-order chi connectivity index (χ0) is 14.4. The summed E-state index contributed by atoms with van der Waals surface area (Å²) in [6.07, 6.45) is 0. The van der Waals surface area contributed by atoms with E-state index in [1.54, 1.807) is 26.2 Å². The van der Waals surface area contributed by atoms with Crippen molar-refractivity contribution < 1.29 is 9.72 Å². The molecule has 0 saturated carbocycles. The lowest BCUT2D eigenvalue weighted by Gasteiger charge is -2.16. The summed E-state index contributed by atoms with van der Waals surface area (Å²) in [5.74, 6) is -0.0711. The first-order valence-corrected chi connectivity index (χ1v) is 5.82. The molecule has 2 N–H and O–H groups in total. The first kappa shape index (κ1) is 14.9. The van der Waals surface area contributed by atoms with Gasteiger partial charge in [-0.25, -0.2) is 0 Å². The normalized spacial score (nSPS) is 10.3. The second-order valence-corrected chi connectivity index (χ2v) is 4.20. The molecule has 7 nitrogen and oxygen atoms in total. The number of hydrogen-bond donors (Lipinski definition) is 2. The van der Waals surface area contributed by atoms with Crippen LogP contribution in [0.5, 0.6) is 0 Å². The highest BCUT2D eigenvalue weighted by atomic mass is 16.6. The summed E-state index contributed by atoms with van der Waals surface area (Å²) in [7, 11) is 5.04. The van der Waals surface area contributed by atoms with Crippen molar-refractivity contribution in [2.24, 2.45) is 0 Å². The number of likely N-dealkylation sites (N-methyl/N-ethyl adjacent to an activating group) is 2. The van der Waals surface area contributed by atoms with E-state index >= 15 is 0 Å². The first-order chi connectivity index (χ1) is 8.97. The SMILES string of the molecule is CNC(=O)CN(C)Cc1ccc([N+](=O)[O-])c(NC)c1. The van der Waals surface area contributed by atoms with Gasteiger partial charge in [0.05, 0.1) is 11.5 Å². The van der Waals surface area contributed by atoms with Crippen LogP contribution < -0.4 is 10.6 Å². The summed E-state index contributed by atoms with van der Waals surface area (Å²) in [6.45, 7) is 0.822. The van der Waals surface area contributed by atoms with Crippen LogP contribution in [0.3, 0.4) is 0 Å². The fourth-order valence-electron chi connectivity index (χ4n) is 1.73. The zero-order valence-electron chi connectivity index (χ0n) is 11.3. The highest BCUT2D eigenvalue weighted by molar-refractivity contribution is 5.77. The van der Waals surface area contributed by atoms with Crippen LogP contribution in [0.25, 0.3) is 0 Å². The van der Waals surface area contributed by atoms with Gasteiger partial charge < -0.3 is 10.6 Å². The largest absolute Gasteiger partial charge is 0.383 e. The van der Waals surface area contributed by atoms with E-state index in [2.05, 4.69) is 10.6 Å². The lowest BCUT2D eigenvalue weighted by molar-refractivity contribution is -0.384. The number of nitro groups is 1. The Labute approximate surface area is 111 Å². The van der Waals surface area contributed by atoms with Crippen molar-refractivity contribution in [2.45, 2.75) is 6.54 Å². The summed E-state index contributed by atoms with van der Waals surface area (Å²) in [5.41, 5.74) is 1.41. The maximum atomic E-state index is 11.2. The summed E-state index contributed by atoms with van der Waals surface area (Å²) in [4.78, 5) is 23.4. The van der Waals surface area contributed by atoms with E-state index in [0.717, 1.165) is 5.56 Å². The summed E-state index contributed by atoms with van der Waals surface area (Å²) in [6, 6.07) is 4.88. The van der Waals surface area contributed by atoms with E-state index in [1.807, 2.05) is 11.9 Å². The average Bonchev–Trinajstić information content (AvgIpc) is 2.37. The molecule has 0 bridgehead atoms. The van der Waals surface area contributed by atoms with Crippen molar-refractivity contribution in [1.29, 1.82) is 0 Å². The number of nitro benzene ring substituents is 1. The molecule has 1 aromatic carbocycles. The number of carbonyl (C=O) groups excluding carboxylic acids is 1. The molecule has 7 heteroatoms. The Morgan fingerprint density at radius 1 is 1.42 bits per heavy atom. The third-order valence-corrected chi connectivity index (χ3v) is 2.67. The number of amides is 1. The minimum absolute atomic E-state index is 0.0419. The molecule has 0 aromatic heterocycles. The van der Waals surface area contributed by atoms with Crippen LogP contribution in [0.1, 0.15) is 5.56 Å². The molecule has 1 aromatic rings. The third kappa shape index (κ3) is 4.22. The lowest BCUT2D eigenvalue weighted by Crippen LogP contribution is -2.32. The van der Waals surface area contributed by atoms with Gasteiger partial charge in [-0.15, -0.1) is 0 Å². The van der Waals surface area contributed by atoms with Crippen LogP contribution in [0, 0.1) is 10.1 Å². The molecule has 0 aliphatic carbocycles. The number of benzene rings is 1. The predicted octanol–water partition coefficient (Wildman–Crippen LogP) is 0.814. The Balaban J connectivity index is 2.80. The van der Waals surface area contributed by atoms with E-state index in [9.17, 15) is 14.9 Å². The molecule has 0 spiro atoms. The second-order valence-electron chi connectivity index (χ2n) is 4.20. The van der Waals surface area contributed by atoms with E-state index in [0.29, 0.717) is 12.2 Å². The zero-order valence-corrected chi connectivity index (χ0v) is 11.3. The van der Waals surface area contributed by atoms with E-state index < -0.39 is 4.92 Å². The Morgan fingerprint density at radius 3 is 2.63 bits per heavy atom. The maximum absolute atomic E-state index is 11.2. The van der Waals surface area contributed by atoms with Gasteiger partial charge in [0.25, 0.3) is 5.69 Å². The van der Waals surface area contributed by atoms with E-state index in [-0.39, 0.29) is 18.1 Å². The maximum Gasteiger partial charge on any atom is 0.292 e. The van der Waals surface area contributed by atoms with Crippen LogP contribution in [0.15, 0.2) is 18.2 Å². The van der Waals surface area contributed by atoms with Crippen LogP contribution in [0.2, 0.25) is 0 Å². The van der Waals surface area contributed by atoms with Crippen molar-refractivity contribution in [1.82, 2.24) is 10.2 Å². The van der Waals surface area contributed by atoms with Gasteiger partial charge in [-0.2, -0.15) is 0 Å². The number of anilines is 1. The summed E-state index contributed by atoms with van der Waals surface area (Å²) >= 11 is 0. The molecule has 104 valence electrons. The van der Waals surface area contributed by atoms with Gasteiger partial charge in [-0.05, 0) is 18.7 Å². The van der Waals surface area contributed by atoms with Gasteiger partial charge in [-0.3, -0.25) is 19.8 Å². The van der Waals surface area contributed by atoms with Crippen LogP contribution in [-0.2, 0) is 11.3 Å². The van der Waals surface area contributed by atoms with Crippen molar-refractivity contribution in [3.8, 4) is 0 Å². The van der Waals surface area contributed by atoms with Crippen molar-refractivity contribution in [2.75, 3.05) is 33.0 Å². The molecule has 0 radical (unpaired) electrons. The van der Waals surface area contributed by atoms with Crippen molar-refractivity contribution >= 4 is 17.3 Å². The number of carbonyl (C=O) groups is 1. The Bertz CT molecular complexity index is 476. The highest BCUT2D eigenvalue weighted by Crippen LogP contribution is 2.25. The van der Waals surface area contributed by atoms with Gasteiger partial charge in [0.15, 0.2) is 0 Å². The van der Waals surface area contributed by atoms with Gasteiger partial charge in [0.1, 0.15) is 5.69 Å². The van der Waals surface area contributed by atoms with Gasteiger partial charge in [-0.1, -0.05) is 6.07 Å². The number of nitrogens with zero attached hydrogens (tertiary/aromatic N) is 2. The fourth-order valence-corrected chi connectivity index (χ4v) is 1.73. The molecule has 0 aliphatic rings. The van der Waals surface area contributed by atoms with Crippen LogP contribution in [-0.4, -0.2) is 43.4 Å². The lowest BCUT2D eigenvalue weighted by atomic mass is 10.1. The fraction of sp³-hybridized carbons (Fsp3) is 0.417. The molecular formula is C12H18N4O3. The Kier molecular flexibility index (Phi) is 5.25. The van der Waals surface area contributed by atoms with Gasteiger partial charge in [0.2, 0.25) is 5.91 Å². The molecule has 0 fully saturated rings. The molecule has 19 heavy (non-hydrogen) atoms. The first-order valence-electron chi connectivity index (χ1n) is 5.82. The predicted molar refractivity (Wildman–Crippen MR) is 73.0 cm³/mol. The Morgan fingerprint density at radius 2 is 2.11 bits per heavy atom. The standard InChI is InChI=1S/C12H18N4O3/c1-13-10-6-9(4-5-11(10)16(18)19)7-15(3)8-12(17)14-2/h4-6,13H,7-8H2,1-3H3,(H,14,17). The molecular weight excluding hydrogens is 248 g/mol. The molecule has 0 saturated heterocycles. The average molecular weight is 266 g/mol. The molecule has 1 amide bonds. The van der Waals surface area contributed by atoms with E-state index in [1.165, 1.54) is 6.07 Å². The van der Waals surface area contributed by atoms with Crippen molar-refractivity contribution in [3.63, 3.8) is 0 Å². The van der Waals surface area contributed by atoms with Crippen molar-refractivity contribution in [3.05, 3.63) is 33.9 Å². The molecule has 1 rings (SSSR count). The summed E-state index contributed by atoms with van der Waals surface area (Å²) < 4.78 is 0. The molecule has 0 heterocycles. The molecule has 0 unspecified atom stereocenters. The molecule has 0 aliphatic heterocycles. The van der Waals surface area contributed by atoms with Gasteiger partial charge in [0, 0.05) is 26.7 Å². The van der Waals surface area contributed by atoms with Crippen LogP contribution >= 0.6 is 0 Å². The number of nitrogens with one attached hydrogen (secondary N) is 2. The monoisotopic (exact) mass is 266 g/mol. The van der Waals surface area contributed by atoms with Gasteiger partial charge >= 0.3 is 0 Å². The second kappa shape index (κ2) is 6.69. The quantitative estimate of drug-likeness (QED) is 0.588. The summed E-state index contributed by atoms with van der Waals surface area (Å²) in [5, 5.41) is 16.1. The Hall–Kier alpha value is -2.15. The third-order valence-electron chi connectivity index (χ3n) is 2.67. The smallest absolute Gasteiger partial charge is 0.292 e. The number of rotatable bonds is 6. The van der Waals surface area contributed by atoms with E-state index in [4.69, 9.17) is 0 Å². The van der Waals surface area contributed by atoms with Crippen LogP contribution in [0.4, 0.5) is 11.4 Å². The highest BCUT2D eigenvalue weighted by Gasteiger charge is 2.13.